The number of benzene rings is 1. The predicted octanol–water partition coefficient (Wildman–Crippen LogP) is 0.360. The van der Waals surface area contributed by atoms with Gasteiger partial charge in [-0.25, -0.2) is 22.6 Å². The van der Waals surface area contributed by atoms with Crippen molar-refractivity contribution in [3.8, 4) is 0 Å². The smallest absolute Gasteiger partial charge is 0.279 e. The molecule has 3 rings (SSSR count). The number of ether oxygens (including phenoxy) is 1. The number of hydroxylamine groups is 1. The van der Waals surface area contributed by atoms with Crippen molar-refractivity contribution in [1.29, 1.82) is 0 Å². The average Bonchev–Trinajstić information content (AvgIpc) is 2.68. The van der Waals surface area contributed by atoms with Crippen LogP contribution in [0.25, 0.3) is 0 Å². The van der Waals surface area contributed by atoms with Crippen LogP contribution < -0.4 is 5.48 Å². The molecule has 2 atom stereocenters. The normalized spacial score (nSPS) is 28.0. The molecule has 0 aromatic heterocycles. The van der Waals surface area contributed by atoms with E-state index in [2.05, 4.69) is 0 Å². The van der Waals surface area contributed by atoms with Gasteiger partial charge in [0.05, 0.1) is 6.61 Å². The Bertz CT molecular complexity index is 796. The van der Waals surface area contributed by atoms with Gasteiger partial charge in [0.2, 0.25) is 10.0 Å². The number of piperidine rings is 1. The van der Waals surface area contributed by atoms with Crippen LogP contribution in [0.4, 0.5) is 4.39 Å². The number of nitrogens with zero attached hydrogens (tertiary/aromatic N) is 1. The highest BCUT2D eigenvalue weighted by Gasteiger charge is 2.54. The maximum atomic E-state index is 14.0. The number of rotatable bonds is 4. The van der Waals surface area contributed by atoms with E-state index in [4.69, 9.17) is 9.94 Å². The average molecular weight is 402 g/mol. The standard InChI is InChI=1S/C17H23FN2O6S/c18-14-4-2-1-3-13(14)12-5-8-20(9-6-12)27(24,25)15-7-10-26-11-17(15,22)16(21)19-23/h1-4,12,15,22-23H,5-11H2,(H,19,21). The minimum absolute atomic E-state index is 0.0699. The van der Waals surface area contributed by atoms with Crippen molar-refractivity contribution in [3.05, 3.63) is 35.6 Å². The molecule has 2 aliphatic heterocycles. The van der Waals surface area contributed by atoms with Crippen LogP contribution >= 0.6 is 0 Å². The number of sulfonamides is 1. The Balaban J connectivity index is 1.76. The highest BCUT2D eigenvalue weighted by atomic mass is 32.2. The van der Waals surface area contributed by atoms with E-state index in [1.54, 1.807) is 18.2 Å². The zero-order valence-corrected chi connectivity index (χ0v) is 15.5. The maximum Gasteiger partial charge on any atom is 0.279 e. The SMILES string of the molecule is O=C(NO)C1(O)COCCC1S(=O)(=O)N1CCC(c2ccccc2F)CC1. The lowest BCUT2D eigenvalue weighted by molar-refractivity contribution is -0.161. The molecular formula is C17H23FN2O6S. The molecule has 2 fully saturated rings. The summed E-state index contributed by atoms with van der Waals surface area (Å²) >= 11 is 0. The molecule has 10 heteroatoms. The molecule has 1 aromatic rings. The van der Waals surface area contributed by atoms with Gasteiger partial charge in [0.25, 0.3) is 5.91 Å². The largest absolute Gasteiger partial charge is 0.378 e. The zero-order valence-electron chi connectivity index (χ0n) is 14.7. The molecular weight excluding hydrogens is 379 g/mol. The lowest BCUT2D eigenvalue weighted by Gasteiger charge is -2.41. The molecule has 2 heterocycles. The Morgan fingerprint density at radius 3 is 2.56 bits per heavy atom. The Kier molecular flexibility index (Phi) is 5.82. The molecule has 2 unspecified atom stereocenters. The van der Waals surface area contributed by atoms with Gasteiger partial charge in [-0.15, -0.1) is 0 Å². The molecule has 27 heavy (non-hydrogen) atoms. The van der Waals surface area contributed by atoms with Crippen molar-refractivity contribution in [2.75, 3.05) is 26.3 Å². The monoisotopic (exact) mass is 402 g/mol. The zero-order chi connectivity index (χ0) is 19.7. The molecule has 1 aromatic carbocycles. The minimum atomic E-state index is -4.03. The molecule has 1 amide bonds. The summed E-state index contributed by atoms with van der Waals surface area (Å²) in [5, 5.41) is 18.0. The van der Waals surface area contributed by atoms with Crippen LogP contribution in [0.1, 0.15) is 30.7 Å². The van der Waals surface area contributed by atoms with E-state index in [0.717, 1.165) is 0 Å². The lowest BCUT2D eigenvalue weighted by atomic mass is 9.90. The van der Waals surface area contributed by atoms with Crippen LogP contribution in [0.5, 0.6) is 0 Å². The number of amides is 1. The van der Waals surface area contributed by atoms with Crippen LogP contribution in [0, 0.1) is 5.82 Å². The van der Waals surface area contributed by atoms with Crippen molar-refractivity contribution in [2.45, 2.75) is 36.0 Å². The Morgan fingerprint density at radius 2 is 1.93 bits per heavy atom. The van der Waals surface area contributed by atoms with Gasteiger partial charge >= 0.3 is 0 Å². The molecule has 2 aliphatic rings. The Labute approximate surface area is 156 Å². The first-order valence-electron chi connectivity index (χ1n) is 8.78. The van der Waals surface area contributed by atoms with Crippen LogP contribution in [0.15, 0.2) is 24.3 Å². The number of carbonyl (C=O) groups is 1. The summed E-state index contributed by atoms with van der Waals surface area (Å²) in [6.45, 7) is -0.114. The summed E-state index contributed by atoms with van der Waals surface area (Å²) in [5.74, 6) is -1.61. The summed E-state index contributed by atoms with van der Waals surface area (Å²) in [6.07, 6.45) is 0.807. The highest BCUT2D eigenvalue weighted by molar-refractivity contribution is 7.89. The van der Waals surface area contributed by atoms with E-state index >= 15 is 0 Å². The summed E-state index contributed by atoms with van der Waals surface area (Å²) in [7, 11) is -4.03. The van der Waals surface area contributed by atoms with Crippen LogP contribution in [0.2, 0.25) is 0 Å². The van der Waals surface area contributed by atoms with Crippen LogP contribution in [-0.2, 0) is 19.6 Å². The molecule has 0 aliphatic carbocycles. The Hall–Kier alpha value is -1.59. The number of hydrogen-bond acceptors (Lipinski definition) is 6. The number of nitrogens with one attached hydrogen (secondary N) is 1. The minimum Gasteiger partial charge on any atom is -0.378 e. The van der Waals surface area contributed by atoms with E-state index in [9.17, 15) is 22.7 Å². The van der Waals surface area contributed by atoms with Crippen LogP contribution in [0.3, 0.4) is 0 Å². The lowest BCUT2D eigenvalue weighted by Crippen LogP contribution is -2.64. The van der Waals surface area contributed by atoms with E-state index in [1.807, 2.05) is 0 Å². The van der Waals surface area contributed by atoms with Crippen molar-refractivity contribution in [1.82, 2.24) is 9.79 Å². The number of hydrogen-bond donors (Lipinski definition) is 3. The quantitative estimate of drug-likeness (QED) is 0.495. The van der Waals surface area contributed by atoms with E-state index in [-0.39, 0.29) is 37.9 Å². The molecule has 8 nitrogen and oxygen atoms in total. The molecule has 0 bridgehead atoms. The molecule has 0 radical (unpaired) electrons. The first kappa shape index (κ1) is 20.2. The number of halogens is 1. The van der Waals surface area contributed by atoms with Gasteiger partial charge in [-0.2, -0.15) is 0 Å². The third-order valence-corrected chi connectivity index (χ3v) is 7.82. The maximum absolute atomic E-state index is 14.0. The summed E-state index contributed by atoms with van der Waals surface area (Å²) < 4.78 is 46.4. The van der Waals surface area contributed by atoms with Gasteiger partial charge in [0, 0.05) is 19.7 Å². The second-order valence-electron chi connectivity index (χ2n) is 6.93. The van der Waals surface area contributed by atoms with Gasteiger partial charge in [-0.3, -0.25) is 10.0 Å². The first-order chi connectivity index (χ1) is 12.8. The second-order valence-corrected chi connectivity index (χ2v) is 9.05. The number of aliphatic hydroxyl groups is 1. The predicted molar refractivity (Wildman–Crippen MR) is 93.0 cm³/mol. The molecule has 0 spiro atoms. The molecule has 150 valence electrons. The van der Waals surface area contributed by atoms with E-state index in [0.29, 0.717) is 18.4 Å². The molecule has 2 saturated heterocycles. The van der Waals surface area contributed by atoms with Crippen molar-refractivity contribution in [2.24, 2.45) is 0 Å². The number of carbonyl (C=O) groups excluding carboxylic acids is 1. The molecule has 0 saturated carbocycles. The first-order valence-corrected chi connectivity index (χ1v) is 10.3. The van der Waals surface area contributed by atoms with Gasteiger partial charge < -0.3 is 9.84 Å². The Morgan fingerprint density at radius 1 is 1.26 bits per heavy atom. The van der Waals surface area contributed by atoms with Crippen molar-refractivity contribution < 1.29 is 32.7 Å². The fourth-order valence-electron chi connectivity index (χ4n) is 3.86. The third-order valence-electron chi connectivity index (χ3n) is 5.39. The summed E-state index contributed by atoms with van der Waals surface area (Å²) in [4.78, 5) is 11.9. The van der Waals surface area contributed by atoms with Crippen molar-refractivity contribution >= 4 is 15.9 Å². The van der Waals surface area contributed by atoms with Gasteiger partial charge in [-0.05, 0) is 36.8 Å². The third kappa shape index (κ3) is 3.72. The van der Waals surface area contributed by atoms with Gasteiger partial charge in [-0.1, -0.05) is 18.2 Å². The molecule has 3 N–H and O–H groups in total. The van der Waals surface area contributed by atoms with E-state index in [1.165, 1.54) is 15.9 Å². The summed E-state index contributed by atoms with van der Waals surface area (Å²) in [5.41, 5.74) is -0.479. The van der Waals surface area contributed by atoms with Gasteiger partial charge in [0.15, 0.2) is 5.60 Å². The van der Waals surface area contributed by atoms with Crippen LogP contribution in [-0.4, -0.2) is 66.1 Å². The fourth-order valence-corrected chi connectivity index (χ4v) is 6.00. The fraction of sp³-hybridized carbons (Fsp3) is 0.588. The van der Waals surface area contributed by atoms with E-state index < -0.39 is 33.4 Å². The summed E-state index contributed by atoms with van der Waals surface area (Å²) in [6, 6.07) is 6.44. The second kappa shape index (κ2) is 7.80. The highest BCUT2D eigenvalue weighted by Crippen LogP contribution is 2.34. The van der Waals surface area contributed by atoms with Crippen molar-refractivity contribution in [3.63, 3.8) is 0 Å². The van der Waals surface area contributed by atoms with Gasteiger partial charge in [0.1, 0.15) is 11.1 Å². The topological polar surface area (TPSA) is 116 Å².